The number of hydrogen-bond donors (Lipinski definition) is 0. The van der Waals surface area contributed by atoms with E-state index in [0.717, 1.165) is 13.0 Å². The monoisotopic (exact) mass is 267 g/mol. The molecule has 1 unspecified atom stereocenters. The van der Waals surface area contributed by atoms with Crippen molar-refractivity contribution < 1.29 is 13.9 Å². The third-order valence-electron chi connectivity index (χ3n) is 3.44. The van der Waals surface area contributed by atoms with E-state index in [1.54, 1.807) is 6.07 Å². The van der Waals surface area contributed by atoms with E-state index in [2.05, 4.69) is 18.7 Å². The zero-order chi connectivity index (χ0) is 14.4. The highest BCUT2D eigenvalue weighted by molar-refractivity contribution is 5.97. The summed E-state index contributed by atoms with van der Waals surface area (Å²) in [7, 11) is 1.40. The van der Waals surface area contributed by atoms with Crippen molar-refractivity contribution in [3.05, 3.63) is 29.6 Å². The fraction of sp³-hybridized carbons (Fsp3) is 0.533. The molecular formula is C15H22FNO2. The fourth-order valence-corrected chi connectivity index (χ4v) is 1.95. The Balaban J connectivity index is 2.80. The van der Waals surface area contributed by atoms with Crippen LogP contribution in [-0.4, -0.2) is 36.9 Å². The second-order valence-corrected chi connectivity index (χ2v) is 4.59. The number of rotatable bonds is 7. The molecule has 0 saturated carbocycles. The quantitative estimate of drug-likeness (QED) is 0.711. The minimum Gasteiger partial charge on any atom is -0.494 e. The molecule has 0 radical (unpaired) electrons. The summed E-state index contributed by atoms with van der Waals surface area (Å²) < 4.78 is 18.4. The molecule has 0 bridgehead atoms. The Morgan fingerprint density at radius 3 is 2.58 bits per heavy atom. The number of hydrogen-bond acceptors (Lipinski definition) is 3. The van der Waals surface area contributed by atoms with Crippen molar-refractivity contribution in [2.45, 2.75) is 33.2 Å². The number of carbonyl (C=O) groups excluding carboxylic acids is 1. The molecule has 0 amide bonds. The van der Waals surface area contributed by atoms with Crippen LogP contribution in [-0.2, 0) is 0 Å². The van der Waals surface area contributed by atoms with Gasteiger partial charge in [0.25, 0.3) is 0 Å². The van der Waals surface area contributed by atoms with E-state index >= 15 is 0 Å². The minimum atomic E-state index is -0.500. The Bertz CT molecular complexity index is 434. The van der Waals surface area contributed by atoms with Gasteiger partial charge in [-0.25, -0.2) is 4.39 Å². The van der Waals surface area contributed by atoms with Gasteiger partial charge in [-0.1, -0.05) is 13.8 Å². The van der Waals surface area contributed by atoms with Gasteiger partial charge in [0.2, 0.25) is 0 Å². The number of ketones is 1. The summed E-state index contributed by atoms with van der Waals surface area (Å²) in [6.07, 6.45) is 0.984. The number of benzene rings is 1. The Morgan fingerprint density at radius 1 is 1.42 bits per heavy atom. The molecule has 1 rings (SSSR count). The van der Waals surface area contributed by atoms with Crippen molar-refractivity contribution in [1.82, 2.24) is 4.90 Å². The van der Waals surface area contributed by atoms with Gasteiger partial charge in [0.15, 0.2) is 17.3 Å². The van der Waals surface area contributed by atoms with Crippen molar-refractivity contribution in [3.8, 4) is 5.75 Å². The van der Waals surface area contributed by atoms with E-state index in [1.807, 2.05) is 6.92 Å². The van der Waals surface area contributed by atoms with E-state index in [-0.39, 0.29) is 11.5 Å². The van der Waals surface area contributed by atoms with Crippen LogP contribution in [0.3, 0.4) is 0 Å². The summed E-state index contributed by atoms with van der Waals surface area (Å²) in [5, 5.41) is 0. The van der Waals surface area contributed by atoms with Gasteiger partial charge in [0.1, 0.15) is 0 Å². The highest BCUT2D eigenvalue weighted by atomic mass is 19.1. The normalized spacial score (nSPS) is 12.5. The first-order chi connectivity index (χ1) is 9.03. The minimum absolute atomic E-state index is 0.0660. The van der Waals surface area contributed by atoms with Crippen LogP contribution in [0.25, 0.3) is 0 Å². The van der Waals surface area contributed by atoms with Crippen molar-refractivity contribution in [3.63, 3.8) is 0 Å². The Morgan fingerprint density at radius 2 is 2.11 bits per heavy atom. The second kappa shape index (κ2) is 7.24. The maximum Gasteiger partial charge on any atom is 0.176 e. The molecule has 0 fully saturated rings. The zero-order valence-corrected chi connectivity index (χ0v) is 12.1. The van der Waals surface area contributed by atoms with Crippen LogP contribution in [0.4, 0.5) is 4.39 Å². The van der Waals surface area contributed by atoms with Crippen molar-refractivity contribution in [1.29, 1.82) is 0 Å². The highest BCUT2D eigenvalue weighted by Gasteiger charge is 2.16. The van der Waals surface area contributed by atoms with Crippen LogP contribution in [0, 0.1) is 5.82 Å². The van der Waals surface area contributed by atoms with Gasteiger partial charge in [0.05, 0.1) is 13.7 Å². The fourth-order valence-electron chi connectivity index (χ4n) is 1.95. The maximum atomic E-state index is 13.6. The average Bonchev–Trinajstić information content (AvgIpc) is 2.43. The lowest BCUT2D eigenvalue weighted by molar-refractivity contribution is 0.0902. The average molecular weight is 267 g/mol. The lowest BCUT2D eigenvalue weighted by Gasteiger charge is -2.26. The first-order valence-electron chi connectivity index (χ1n) is 6.64. The van der Waals surface area contributed by atoms with E-state index in [0.29, 0.717) is 18.2 Å². The lowest BCUT2D eigenvalue weighted by atomic mass is 10.1. The largest absolute Gasteiger partial charge is 0.494 e. The topological polar surface area (TPSA) is 29.5 Å². The predicted octanol–water partition coefficient (Wildman–Crippen LogP) is 3.14. The molecule has 1 aromatic carbocycles. The van der Waals surface area contributed by atoms with Crippen LogP contribution in [0.15, 0.2) is 18.2 Å². The molecule has 106 valence electrons. The first-order valence-corrected chi connectivity index (χ1v) is 6.64. The Labute approximate surface area is 114 Å². The molecule has 0 saturated heterocycles. The molecular weight excluding hydrogens is 245 g/mol. The predicted molar refractivity (Wildman–Crippen MR) is 74.3 cm³/mol. The molecule has 0 aromatic heterocycles. The van der Waals surface area contributed by atoms with Crippen LogP contribution < -0.4 is 4.74 Å². The first kappa shape index (κ1) is 15.6. The van der Waals surface area contributed by atoms with Crippen LogP contribution in [0.5, 0.6) is 5.75 Å². The van der Waals surface area contributed by atoms with Crippen LogP contribution in [0.2, 0.25) is 0 Å². The summed E-state index contributed by atoms with van der Waals surface area (Å²) in [4.78, 5) is 14.2. The van der Waals surface area contributed by atoms with Gasteiger partial charge < -0.3 is 4.74 Å². The molecule has 3 nitrogen and oxygen atoms in total. The van der Waals surface area contributed by atoms with Crippen molar-refractivity contribution >= 4 is 5.78 Å². The third-order valence-corrected chi connectivity index (χ3v) is 3.44. The Hall–Kier alpha value is -1.42. The van der Waals surface area contributed by atoms with E-state index < -0.39 is 5.82 Å². The molecule has 0 heterocycles. The standard InChI is InChI=1S/C15H22FNO2/c1-5-11(3)17(6-2)10-14(18)12-7-8-15(19-4)13(16)9-12/h7-9,11H,5-6,10H2,1-4H3. The van der Waals surface area contributed by atoms with Crippen molar-refractivity contribution in [2.75, 3.05) is 20.2 Å². The van der Waals surface area contributed by atoms with Crippen LogP contribution >= 0.6 is 0 Å². The smallest absolute Gasteiger partial charge is 0.176 e. The second-order valence-electron chi connectivity index (χ2n) is 4.59. The van der Waals surface area contributed by atoms with Gasteiger partial charge in [-0.05, 0) is 38.1 Å². The third kappa shape index (κ3) is 4.03. The van der Waals surface area contributed by atoms with E-state index in [4.69, 9.17) is 4.74 Å². The summed E-state index contributed by atoms with van der Waals surface area (Å²) in [5.74, 6) is -0.408. The number of Topliss-reactive ketones (excluding diaryl/α,β-unsaturated/α-hetero) is 1. The molecule has 0 aliphatic carbocycles. The molecule has 4 heteroatoms. The summed E-state index contributed by atoms with van der Waals surface area (Å²) in [6.45, 7) is 7.32. The molecule has 0 spiro atoms. The lowest BCUT2D eigenvalue weighted by Crippen LogP contribution is -2.36. The highest BCUT2D eigenvalue weighted by Crippen LogP contribution is 2.18. The van der Waals surface area contributed by atoms with Gasteiger partial charge in [-0.15, -0.1) is 0 Å². The summed E-state index contributed by atoms with van der Waals surface area (Å²) >= 11 is 0. The molecule has 1 aromatic rings. The van der Waals surface area contributed by atoms with Gasteiger partial charge >= 0.3 is 0 Å². The van der Waals surface area contributed by atoms with E-state index in [9.17, 15) is 9.18 Å². The Kier molecular flexibility index (Phi) is 5.96. The number of ether oxygens (including phenoxy) is 1. The summed E-state index contributed by atoms with van der Waals surface area (Å²) in [6, 6.07) is 4.68. The van der Waals surface area contributed by atoms with E-state index in [1.165, 1.54) is 19.2 Å². The number of carbonyl (C=O) groups is 1. The maximum absolute atomic E-state index is 13.6. The number of halogens is 1. The SMILES string of the molecule is CCC(C)N(CC)CC(=O)c1ccc(OC)c(F)c1. The zero-order valence-electron chi connectivity index (χ0n) is 12.1. The van der Waals surface area contributed by atoms with Crippen molar-refractivity contribution in [2.24, 2.45) is 0 Å². The van der Waals surface area contributed by atoms with Crippen LogP contribution in [0.1, 0.15) is 37.6 Å². The number of methoxy groups -OCH3 is 1. The number of nitrogens with zero attached hydrogens (tertiary/aromatic N) is 1. The summed E-state index contributed by atoms with van der Waals surface area (Å²) in [5.41, 5.74) is 0.389. The van der Waals surface area contributed by atoms with Gasteiger partial charge in [-0.3, -0.25) is 9.69 Å². The number of likely N-dealkylation sites (N-methyl/N-ethyl adjacent to an activating group) is 1. The molecule has 19 heavy (non-hydrogen) atoms. The molecule has 0 aliphatic rings. The molecule has 0 N–H and O–H groups in total. The van der Waals surface area contributed by atoms with Gasteiger partial charge in [-0.2, -0.15) is 0 Å². The molecule has 1 atom stereocenters. The van der Waals surface area contributed by atoms with Gasteiger partial charge in [0, 0.05) is 11.6 Å². The molecule has 0 aliphatic heterocycles.